The summed E-state index contributed by atoms with van der Waals surface area (Å²) in [5.74, 6) is 0.507. The van der Waals surface area contributed by atoms with Gasteiger partial charge in [0.2, 0.25) is 0 Å². The lowest BCUT2D eigenvalue weighted by atomic mass is 9.96. The second-order valence-corrected chi connectivity index (χ2v) is 5.75. The van der Waals surface area contributed by atoms with Crippen molar-refractivity contribution < 1.29 is 9.90 Å². The first-order chi connectivity index (χ1) is 8.61. The number of ketones is 1. The van der Waals surface area contributed by atoms with E-state index in [-0.39, 0.29) is 12.4 Å². The first-order valence-corrected chi connectivity index (χ1v) is 7.07. The van der Waals surface area contributed by atoms with Gasteiger partial charge in [-0.2, -0.15) is 0 Å². The predicted octanol–water partition coefficient (Wildman–Crippen LogP) is 2.86. The summed E-state index contributed by atoms with van der Waals surface area (Å²) in [6, 6.07) is 5.86. The van der Waals surface area contributed by atoms with Crippen LogP contribution in [0.25, 0.3) is 0 Å². The minimum Gasteiger partial charge on any atom is -0.396 e. The molecule has 0 atom stereocenters. The van der Waals surface area contributed by atoms with Crippen LogP contribution in [0.3, 0.4) is 0 Å². The largest absolute Gasteiger partial charge is 0.396 e. The Morgan fingerprint density at radius 3 is 2.67 bits per heavy atom. The molecule has 1 aromatic carbocycles. The Balaban J connectivity index is 2.21. The smallest absolute Gasteiger partial charge is 0.161 e. The number of carbonyl (C=O) groups is 1. The van der Waals surface area contributed by atoms with Gasteiger partial charge in [-0.3, -0.25) is 4.79 Å². The molecule has 1 fully saturated rings. The second-order valence-electron chi connectivity index (χ2n) is 4.83. The van der Waals surface area contributed by atoms with Crippen LogP contribution in [-0.4, -0.2) is 30.6 Å². The summed E-state index contributed by atoms with van der Waals surface area (Å²) in [7, 11) is 0. The van der Waals surface area contributed by atoms with Crippen LogP contribution in [0.15, 0.2) is 22.7 Å². The fraction of sp³-hybridized carbons (Fsp3) is 0.500. The van der Waals surface area contributed by atoms with Crippen molar-refractivity contribution in [2.45, 2.75) is 19.8 Å². The number of benzene rings is 1. The maximum absolute atomic E-state index is 11.7. The Bertz CT molecular complexity index is 439. The van der Waals surface area contributed by atoms with Crippen LogP contribution in [0, 0.1) is 5.92 Å². The number of piperidine rings is 1. The molecular weight excluding hydrogens is 294 g/mol. The zero-order valence-electron chi connectivity index (χ0n) is 10.5. The van der Waals surface area contributed by atoms with Gasteiger partial charge in [0.25, 0.3) is 0 Å². The number of hydrogen-bond donors (Lipinski definition) is 1. The molecule has 0 amide bonds. The lowest BCUT2D eigenvalue weighted by Crippen LogP contribution is -2.35. The molecule has 1 saturated heterocycles. The van der Waals surface area contributed by atoms with Crippen LogP contribution in [-0.2, 0) is 0 Å². The Hall–Kier alpha value is -0.870. The van der Waals surface area contributed by atoms with Gasteiger partial charge in [-0.05, 0) is 43.9 Å². The summed E-state index contributed by atoms with van der Waals surface area (Å²) in [6.07, 6.45) is 1.98. The Morgan fingerprint density at radius 1 is 1.44 bits per heavy atom. The van der Waals surface area contributed by atoms with Crippen LogP contribution in [0.2, 0.25) is 0 Å². The maximum atomic E-state index is 11.7. The highest BCUT2D eigenvalue weighted by Gasteiger charge is 2.21. The standard InChI is InChI=1S/C14H18BrNO2/c1-10(18)13-8-12(15)2-3-14(13)16-6-4-11(9-17)5-7-16/h2-3,8,11,17H,4-7,9H2,1H3. The van der Waals surface area contributed by atoms with E-state index in [2.05, 4.69) is 20.8 Å². The summed E-state index contributed by atoms with van der Waals surface area (Å²) in [6.45, 7) is 3.69. The summed E-state index contributed by atoms with van der Waals surface area (Å²) in [5.41, 5.74) is 1.79. The lowest BCUT2D eigenvalue weighted by molar-refractivity contribution is 0.101. The molecule has 18 heavy (non-hydrogen) atoms. The fourth-order valence-corrected chi connectivity index (χ4v) is 2.78. The number of anilines is 1. The number of aliphatic hydroxyl groups excluding tert-OH is 1. The van der Waals surface area contributed by atoms with Gasteiger partial charge in [0.1, 0.15) is 0 Å². The molecule has 1 heterocycles. The minimum absolute atomic E-state index is 0.0931. The minimum atomic E-state index is 0.0931. The van der Waals surface area contributed by atoms with Crippen molar-refractivity contribution in [1.82, 2.24) is 0 Å². The van der Waals surface area contributed by atoms with Gasteiger partial charge in [0.15, 0.2) is 5.78 Å². The van der Waals surface area contributed by atoms with Gasteiger partial charge in [0.05, 0.1) is 0 Å². The average Bonchev–Trinajstić information content (AvgIpc) is 2.39. The molecule has 1 aliphatic rings. The van der Waals surface area contributed by atoms with Crippen LogP contribution < -0.4 is 4.90 Å². The van der Waals surface area contributed by atoms with Gasteiger partial charge >= 0.3 is 0 Å². The molecule has 0 radical (unpaired) electrons. The molecule has 2 rings (SSSR count). The predicted molar refractivity (Wildman–Crippen MR) is 76.2 cm³/mol. The molecule has 0 spiro atoms. The van der Waals surface area contributed by atoms with E-state index in [9.17, 15) is 4.79 Å². The molecule has 0 aliphatic carbocycles. The second kappa shape index (κ2) is 5.85. The molecule has 98 valence electrons. The van der Waals surface area contributed by atoms with Crippen molar-refractivity contribution in [2.24, 2.45) is 5.92 Å². The lowest BCUT2D eigenvalue weighted by Gasteiger charge is -2.33. The van der Waals surface area contributed by atoms with Gasteiger partial charge in [-0.15, -0.1) is 0 Å². The van der Waals surface area contributed by atoms with E-state index in [0.29, 0.717) is 5.92 Å². The number of hydrogen-bond acceptors (Lipinski definition) is 3. The van der Waals surface area contributed by atoms with Crippen LogP contribution in [0.5, 0.6) is 0 Å². The SMILES string of the molecule is CC(=O)c1cc(Br)ccc1N1CCC(CO)CC1. The quantitative estimate of drug-likeness (QED) is 0.873. The van der Waals surface area contributed by atoms with E-state index >= 15 is 0 Å². The maximum Gasteiger partial charge on any atom is 0.161 e. The summed E-state index contributed by atoms with van der Waals surface area (Å²) < 4.78 is 0.932. The number of rotatable bonds is 3. The molecule has 1 aromatic rings. The van der Waals surface area contributed by atoms with Gasteiger partial charge in [0, 0.05) is 35.4 Å². The normalized spacial score (nSPS) is 16.9. The van der Waals surface area contributed by atoms with Crippen molar-refractivity contribution in [3.8, 4) is 0 Å². The van der Waals surface area contributed by atoms with E-state index < -0.39 is 0 Å². The Labute approximate surface area is 116 Å². The molecule has 0 saturated carbocycles. The summed E-state index contributed by atoms with van der Waals surface area (Å²) in [4.78, 5) is 13.9. The molecule has 3 nitrogen and oxygen atoms in total. The highest BCUT2D eigenvalue weighted by molar-refractivity contribution is 9.10. The third kappa shape index (κ3) is 2.93. The number of halogens is 1. The number of Topliss-reactive ketones (excluding diaryl/α,β-unsaturated/α-hetero) is 1. The van der Waals surface area contributed by atoms with Crippen molar-refractivity contribution in [3.05, 3.63) is 28.2 Å². The molecule has 1 N–H and O–H groups in total. The zero-order chi connectivity index (χ0) is 13.1. The van der Waals surface area contributed by atoms with E-state index in [4.69, 9.17) is 5.11 Å². The number of carbonyl (C=O) groups excluding carboxylic acids is 1. The summed E-state index contributed by atoms with van der Waals surface area (Å²) in [5, 5.41) is 9.15. The number of aliphatic hydroxyl groups is 1. The number of nitrogens with zero attached hydrogens (tertiary/aromatic N) is 1. The van der Waals surface area contributed by atoms with Crippen molar-refractivity contribution in [3.63, 3.8) is 0 Å². The topological polar surface area (TPSA) is 40.5 Å². The first kappa shape index (κ1) is 13.6. The van der Waals surface area contributed by atoms with E-state index in [1.165, 1.54) is 0 Å². The van der Waals surface area contributed by atoms with Gasteiger partial charge in [-0.25, -0.2) is 0 Å². The summed E-state index contributed by atoms with van der Waals surface area (Å²) >= 11 is 3.41. The van der Waals surface area contributed by atoms with Crippen LogP contribution in [0.1, 0.15) is 30.1 Å². The molecule has 0 unspecified atom stereocenters. The Kier molecular flexibility index (Phi) is 4.40. The van der Waals surface area contributed by atoms with Crippen molar-refractivity contribution in [2.75, 3.05) is 24.6 Å². The van der Waals surface area contributed by atoms with Crippen molar-refractivity contribution in [1.29, 1.82) is 0 Å². The zero-order valence-corrected chi connectivity index (χ0v) is 12.1. The van der Waals surface area contributed by atoms with Gasteiger partial charge < -0.3 is 10.0 Å². The van der Waals surface area contributed by atoms with E-state index in [0.717, 1.165) is 41.7 Å². The molecule has 0 aromatic heterocycles. The first-order valence-electron chi connectivity index (χ1n) is 6.28. The highest BCUT2D eigenvalue weighted by Crippen LogP contribution is 2.28. The third-order valence-corrected chi connectivity index (χ3v) is 4.04. The van der Waals surface area contributed by atoms with E-state index in [1.54, 1.807) is 6.92 Å². The van der Waals surface area contributed by atoms with E-state index in [1.807, 2.05) is 18.2 Å². The molecule has 4 heteroatoms. The highest BCUT2D eigenvalue weighted by atomic mass is 79.9. The van der Waals surface area contributed by atoms with Crippen molar-refractivity contribution >= 4 is 27.4 Å². The third-order valence-electron chi connectivity index (χ3n) is 3.55. The Morgan fingerprint density at radius 2 is 2.11 bits per heavy atom. The van der Waals surface area contributed by atoms with Crippen LogP contribution in [0.4, 0.5) is 5.69 Å². The van der Waals surface area contributed by atoms with Crippen LogP contribution >= 0.6 is 15.9 Å². The molecule has 1 aliphatic heterocycles. The average molecular weight is 312 g/mol. The molecular formula is C14H18BrNO2. The molecule has 0 bridgehead atoms. The fourth-order valence-electron chi connectivity index (χ4n) is 2.42. The monoisotopic (exact) mass is 311 g/mol. The van der Waals surface area contributed by atoms with Gasteiger partial charge in [-0.1, -0.05) is 15.9 Å².